The van der Waals surface area contributed by atoms with Gasteiger partial charge in [-0.05, 0) is 75.8 Å². The third-order valence-electron chi connectivity index (χ3n) is 7.44. The van der Waals surface area contributed by atoms with Gasteiger partial charge in [0.2, 0.25) is 0 Å². The van der Waals surface area contributed by atoms with Crippen LogP contribution in [0.2, 0.25) is 0 Å². The molecule has 2 N–H and O–H groups in total. The van der Waals surface area contributed by atoms with E-state index in [0.29, 0.717) is 29.7 Å². The van der Waals surface area contributed by atoms with Gasteiger partial charge in [-0.3, -0.25) is 4.79 Å². The van der Waals surface area contributed by atoms with Crippen LogP contribution in [0.15, 0.2) is 48.7 Å². The summed E-state index contributed by atoms with van der Waals surface area (Å²) in [4.78, 5) is 25.7. The summed E-state index contributed by atoms with van der Waals surface area (Å²) >= 11 is 0. The number of pyridine rings is 1. The number of ether oxygens (including phenoxy) is 1. The van der Waals surface area contributed by atoms with Gasteiger partial charge in [0, 0.05) is 30.4 Å². The second kappa shape index (κ2) is 10.6. The molecule has 1 aliphatic carbocycles. The predicted molar refractivity (Wildman–Crippen MR) is 138 cm³/mol. The van der Waals surface area contributed by atoms with Crippen LogP contribution >= 0.6 is 0 Å². The number of rotatable bonds is 7. The van der Waals surface area contributed by atoms with Crippen LogP contribution in [0.25, 0.3) is 22.4 Å². The van der Waals surface area contributed by atoms with Crippen LogP contribution in [0.4, 0.5) is 14.6 Å². The number of aromatic nitrogens is 3. The van der Waals surface area contributed by atoms with Crippen LogP contribution in [0.3, 0.4) is 0 Å². The van der Waals surface area contributed by atoms with E-state index in [1.54, 1.807) is 19.2 Å². The summed E-state index contributed by atoms with van der Waals surface area (Å²) in [6.07, 6.45) is 9.21. The normalized spacial score (nSPS) is 21.6. The summed E-state index contributed by atoms with van der Waals surface area (Å²) in [6, 6.07) is 8.36. The van der Waals surface area contributed by atoms with Gasteiger partial charge in [-0.15, -0.1) is 0 Å². The standard InChI is InChI=1S/C28H32F2N4O3/c1-2-13-28(29,30)20-6-9-23-24(16-20)33-26(32-23)19-5-10-25(31-17-19)34-14-11-22(12-15-34)37-21-7-3-18(4-8-21)27(35)36/h2,5-6,9-10,13,16-18,21-22H,3-4,7-8,11-12,14-15H2,1H3,(H,32,33)(H,35,36)/b13-2+. The molecular weight excluding hydrogens is 478 g/mol. The van der Waals surface area contributed by atoms with Gasteiger partial charge in [-0.2, -0.15) is 8.78 Å². The molecule has 5 rings (SSSR count). The Labute approximate surface area is 214 Å². The summed E-state index contributed by atoms with van der Waals surface area (Å²) < 4.78 is 34.8. The van der Waals surface area contributed by atoms with E-state index in [4.69, 9.17) is 9.84 Å². The van der Waals surface area contributed by atoms with Crippen molar-refractivity contribution in [2.45, 2.75) is 63.6 Å². The van der Waals surface area contributed by atoms with Crippen molar-refractivity contribution < 1.29 is 23.4 Å². The average molecular weight is 511 g/mol. The van der Waals surface area contributed by atoms with Gasteiger partial charge in [0.1, 0.15) is 11.6 Å². The lowest BCUT2D eigenvalue weighted by atomic mass is 9.87. The van der Waals surface area contributed by atoms with E-state index in [1.807, 2.05) is 12.1 Å². The zero-order valence-corrected chi connectivity index (χ0v) is 20.9. The Kier molecular flexibility index (Phi) is 7.24. The number of nitrogens with zero attached hydrogens (tertiary/aromatic N) is 3. The maximum Gasteiger partial charge on any atom is 0.306 e. The fraction of sp³-hybridized carbons (Fsp3) is 0.464. The highest BCUT2D eigenvalue weighted by Gasteiger charge is 2.30. The first-order valence-electron chi connectivity index (χ1n) is 12.9. The number of piperidine rings is 1. The van der Waals surface area contributed by atoms with Crippen molar-refractivity contribution in [3.8, 4) is 11.4 Å². The number of anilines is 1. The number of aromatic amines is 1. The van der Waals surface area contributed by atoms with Crippen LogP contribution in [0.1, 0.15) is 51.0 Å². The lowest BCUT2D eigenvalue weighted by Crippen LogP contribution is -2.39. The summed E-state index contributed by atoms with van der Waals surface area (Å²) in [5.74, 6) is -2.47. The van der Waals surface area contributed by atoms with E-state index in [1.165, 1.54) is 18.2 Å². The van der Waals surface area contributed by atoms with Gasteiger partial charge >= 0.3 is 5.97 Å². The van der Waals surface area contributed by atoms with Gasteiger partial charge in [-0.1, -0.05) is 12.1 Å². The van der Waals surface area contributed by atoms with Crippen molar-refractivity contribution in [3.05, 3.63) is 54.2 Å². The molecular formula is C28H32F2N4O3. The molecule has 2 aliphatic rings. The summed E-state index contributed by atoms with van der Waals surface area (Å²) in [5, 5.41) is 9.17. The summed E-state index contributed by atoms with van der Waals surface area (Å²) in [6.45, 7) is 3.26. The molecule has 0 atom stereocenters. The van der Waals surface area contributed by atoms with E-state index in [-0.39, 0.29) is 23.7 Å². The molecule has 1 saturated carbocycles. The number of hydrogen-bond donors (Lipinski definition) is 2. The quantitative estimate of drug-likeness (QED) is 0.383. The molecule has 7 nitrogen and oxygen atoms in total. The van der Waals surface area contributed by atoms with Gasteiger partial charge in [0.05, 0.1) is 29.2 Å². The molecule has 0 radical (unpaired) electrons. The number of carboxylic acid groups (broad SMARTS) is 1. The van der Waals surface area contributed by atoms with E-state index in [0.717, 1.165) is 56.2 Å². The Morgan fingerprint density at radius 3 is 2.49 bits per heavy atom. The Hall–Kier alpha value is -3.33. The number of aliphatic carboxylic acids is 1. The molecule has 0 spiro atoms. The second-order valence-electron chi connectivity index (χ2n) is 9.98. The second-order valence-corrected chi connectivity index (χ2v) is 9.98. The number of H-pyrrole nitrogens is 1. The molecule has 2 aromatic heterocycles. The first-order chi connectivity index (χ1) is 17.8. The Bertz CT molecular complexity index is 1260. The number of allylic oxidation sites excluding steroid dienone is 2. The molecule has 0 unspecified atom stereocenters. The SMILES string of the molecule is C/C=C/C(F)(F)c1ccc2nc(-c3ccc(N4CCC(OC5CCC(C(=O)O)CC5)CC4)nc3)[nH]c2c1. The topological polar surface area (TPSA) is 91.3 Å². The molecule has 3 aromatic rings. The largest absolute Gasteiger partial charge is 0.481 e. The number of fused-ring (bicyclic) bond motifs is 1. The Morgan fingerprint density at radius 1 is 1.11 bits per heavy atom. The minimum absolute atomic E-state index is 0.0814. The number of carboxylic acids is 1. The highest BCUT2D eigenvalue weighted by Crippen LogP contribution is 2.33. The lowest BCUT2D eigenvalue weighted by Gasteiger charge is -2.36. The van der Waals surface area contributed by atoms with Crippen LogP contribution in [-0.2, 0) is 15.5 Å². The lowest BCUT2D eigenvalue weighted by molar-refractivity contribution is -0.144. The molecule has 0 bridgehead atoms. The van der Waals surface area contributed by atoms with Gasteiger partial charge in [0.15, 0.2) is 0 Å². The third kappa shape index (κ3) is 5.66. The molecule has 9 heteroatoms. The zero-order valence-electron chi connectivity index (χ0n) is 20.9. The summed E-state index contributed by atoms with van der Waals surface area (Å²) in [5.41, 5.74) is 1.89. The Balaban J connectivity index is 1.18. The van der Waals surface area contributed by atoms with Gasteiger partial charge < -0.3 is 19.7 Å². The molecule has 2 fully saturated rings. The van der Waals surface area contributed by atoms with Crippen molar-refractivity contribution in [2.75, 3.05) is 18.0 Å². The molecule has 1 saturated heterocycles. The Morgan fingerprint density at radius 2 is 1.84 bits per heavy atom. The number of hydrogen-bond acceptors (Lipinski definition) is 5. The first kappa shape index (κ1) is 25.3. The van der Waals surface area contributed by atoms with Crippen LogP contribution in [0, 0.1) is 5.92 Å². The first-order valence-corrected chi connectivity index (χ1v) is 12.9. The zero-order chi connectivity index (χ0) is 26.0. The van der Waals surface area contributed by atoms with Gasteiger partial charge in [-0.25, -0.2) is 9.97 Å². The molecule has 3 heterocycles. The number of imidazole rings is 1. The van der Waals surface area contributed by atoms with Gasteiger partial charge in [0.25, 0.3) is 5.92 Å². The average Bonchev–Trinajstić information content (AvgIpc) is 3.33. The van der Waals surface area contributed by atoms with E-state index in [9.17, 15) is 13.6 Å². The number of nitrogens with one attached hydrogen (secondary N) is 1. The van der Waals surface area contributed by atoms with E-state index >= 15 is 0 Å². The number of carbonyl (C=O) groups is 1. The maximum absolute atomic E-state index is 14.3. The molecule has 0 amide bonds. The fourth-order valence-corrected chi connectivity index (χ4v) is 5.31. The third-order valence-corrected chi connectivity index (χ3v) is 7.44. The number of halogens is 2. The number of benzene rings is 1. The molecule has 1 aromatic carbocycles. The molecule has 1 aliphatic heterocycles. The van der Waals surface area contributed by atoms with Crippen molar-refractivity contribution in [2.24, 2.45) is 5.92 Å². The van der Waals surface area contributed by atoms with Crippen molar-refractivity contribution >= 4 is 22.8 Å². The predicted octanol–water partition coefficient (Wildman–Crippen LogP) is 5.92. The number of alkyl halides is 2. The maximum atomic E-state index is 14.3. The minimum Gasteiger partial charge on any atom is -0.481 e. The highest BCUT2D eigenvalue weighted by atomic mass is 19.3. The van der Waals surface area contributed by atoms with Crippen molar-refractivity contribution in [1.82, 2.24) is 15.0 Å². The summed E-state index contributed by atoms with van der Waals surface area (Å²) in [7, 11) is 0. The van der Waals surface area contributed by atoms with Crippen LogP contribution in [-0.4, -0.2) is 51.3 Å². The van der Waals surface area contributed by atoms with E-state index < -0.39 is 11.9 Å². The highest BCUT2D eigenvalue weighted by molar-refractivity contribution is 5.80. The van der Waals surface area contributed by atoms with Crippen LogP contribution < -0.4 is 4.90 Å². The minimum atomic E-state index is -3.03. The van der Waals surface area contributed by atoms with E-state index in [2.05, 4.69) is 19.9 Å². The monoisotopic (exact) mass is 510 g/mol. The smallest absolute Gasteiger partial charge is 0.306 e. The molecule has 196 valence electrons. The van der Waals surface area contributed by atoms with Crippen LogP contribution in [0.5, 0.6) is 0 Å². The fourth-order valence-electron chi connectivity index (χ4n) is 5.31. The van der Waals surface area contributed by atoms with Crippen molar-refractivity contribution in [1.29, 1.82) is 0 Å². The molecule has 37 heavy (non-hydrogen) atoms. The van der Waals surface area contributed by atoms with Crippen molar-refractivity contribution in [3.63, 3.8) is 0 Å².